The standard InChI is InChI=1S/C10H9N3O3S/c1-13-8(4-5-11-13)12-9(14)6-2-3-7(17-6)10(15)16/h2-5H,1H3,(H,12,14)(H,15,16). The zero-order valence-electron chi connectivity index (χ0n) is 8.88. The van der Waals surface area contributed by atoms with Gasteiger partial charge in [-0.15, -0.1) is 11.3 Å². The second-order valence-electron chi connectivity index (χ2n) is 3.26. The lowest BCUT2D eigenvalue weighted by Gasteiger charge is -2.02. The number of carbonyl (C=O) groups is 2. The van der Waals surface area contributed by atoms with E-state index in [9.17, 15) is 9.59 Å². The smallest absolute Gasteiger partial charge is 0.345 e. The predicted octanol–water partition coefficient (Wildman–Crippen LogP) is 1.43. The Bertz CT molecular complexity index is 573. The maximum Gasteiger partial charge on any atom is 0.345 e. The van der Waals surface area contributed by atoms with Crippen LogP contribution in [0, 0.1) is 0 Å². The number of hydrogen-bond donors (Lipinski definition) is 2. The number of aryl methyl sites for hydroxylation is 1. The lowest BCUT2D eigenvalue weighted by atomic mass is 10.4. The van der Waals surface area contributed by atoms with Crippen molar-refractivity contribution in [3.8, 4) is 0 Å². The molecular formula is C10H9N3O3S. The number of carboxylic acid groups (broad SMARTS) is 1. The summed E-state index contributed by atoms with van der Waals surface area (Å²) in [4.78, 5) is 22.9. The Labute approximate surface area is 100 Å². The summed E-state index contributed by atoms with van der Waals surface area (Å²) in [5.41, 5.74) is 0. The first-order chi connectivity index (χ1) is 8.08. The van der Waals surface area contributed by atoms with Gasteiger partial charge in [0.25, 0.3) is 5.91 Å². The molecule has 88 valence electrons. The minimum atomic E-state index is -1.03. The number of hydrogen-bond acceptors (Lipinski definition) is 4. The average molecular weight is 251 g/mol. The lowest BCUT2D eigenvalue weighted by Crippen LogP contribution is -2.13. The molecule has 2 N–H and O–H groups in total. The molecule has 7 heteroatoms. The number of carbonyl (C=O) groups excluding carboxylic acids is 1. The van der Waals surface area contributed by atoms with Gasteiger partial charge in [-0.05, 0) is 12.1 Å². The van der Waals surface area contributed by atoms with E-state index in [-0.39, 0.29) is 10.8 Å². The van der Waals surface area contributed by atoms with E-state index in [4.69, 9.17) is 5.11 Å². The van der Waals surface area contributed by atoms with Crippen LogP contribution in [0.2, 0.25) is 0 Å². The summed E-state index contributed by atoms with van der Waals surface area (Å²) in [7, 11) is 1.70. The molecule has 0 aromatic carbocycles. The van der Waals surface area contributed by atoms with Gasteiger partial charge in [-0.2, -0.15) is 5.10 Å². The van der Waals surface area contributed by atoms with Gasteiger partial charge >= 0.3 is 5.97 Å². The minimum Gasteiger partial charge on any atom is -0.477 e. The Morgan fingerprint density at radius 2 is 2.06 bits per heavy atom. The maximum absolute atomic E-state index is 11.8. The van der Waals surface area contributed by atoms with Gasteiger partial charge in [-0.3, -0.25) is 9.48 Å². The number of anilines is 1. The van der Waals surface area contributed by atoms with Crippen LogP contribution in [0.15, 0.2) is 24.4 Å². The molecule has 0 radical (unpaired) electrons. The van der Waals surface area contributed by atoms with Gasteiger partial charge in [0.1, 0.15) is 10.7 Å². The van der Waals surface area contributed by atoms with Crippen molar-refractivity contribution in [1.29, 1.82) is 0 Å². The maximum atomic E-state index is 11.8. The van der Waals surface area contributed by atoms with Crippen molar-refractivity contribution < 1.29 is 14.7 Å². The van der Waals surface area contributed by atoms with Crippen LogP contribution < -0.4 is 5.32 Å². The molecule has 2 rings (SSSR count). The molecule has 17 heavy (non-hydrogen) atoms. The molecule has 6 nitrogen and oxygen atoms in total. The van der Waals surface area contributed by atoms with E-state index in [1.165, 1.54) is 16.8 Å². The van der Waals surface area contributed by atoms with Crippen LogP contribution in [0.1, 0.15) is 19.3 Å². The molecule has 0 saturated heterocycles. The van der Waals surface area contributed by atoms with E-state index in [1.807, 2.05) is 0 Å². The van der Waals surface area contributed by atoms with Crippen molar-refractivity contribution in [1.82, 2.24) is 9.78 Å². The van der Waals surface area contributed by atoms with Crippen LogP contribution in [0.4, 0.5) is 5.82 Å². The number of aromatic nitrogens is 2. The summed E-state index contributed by atoms with van der Waals surface area (Å²) in [5.74, 6) is -0.819. The molecule has 0 atom stereocenters. The van der Waals surface area contributed by atoms with Gasteiger partial charge in [-0.25, -0.2) is 4.79 Å². The molecule has 0 saturated carbocycles. The van der Waals surface area contributed by atoms with Gasteiger partial charge in [0.05, 0.1) is 11.1 Å². The molecule has 0 unspecified atom stereocenters. The van der Waals surface area contributed by atoms with Crippen molar-refractivity contribution in [2.75, 3.05) is 5.32 Å². The van der Waals surface area contributed by atoms with Gasteiger partial charge < -0.3 is 10.4 Å². The molecule has 0 aliphatic heterocycles. The van der Waals surface area contributed by atoms with Crippen molar-refractivity contribution in [3.05, 3.63) is 34.2 Å². The Kier molecular flexibility index (Phi) is 2.92. The Morgan fingerprint density at radius 3 is 2.59 bits per heavy atom. The molecule has 0 aliphatic rings. The summed E-state index contributed by atoms with van der Waals surface area (Å²) in [6.45, 7) is 0. The lowest BCUT2D eigenvalue weighted by molar-refractivity contribution is 0.0702. The van der Waals surface area contributed by atoms with E-state index in [2.05, 4.69) is 10.4 Å². The first-order valence-corrected chi connectivity index (χ1v) is 5.52. The first kappa shape index (κ1) is 11.3. The van der Waals surface area contributed by atoms with E-state index >= 15 is 0 Å². The summed E-state index contributed by atoms with van der Waals surface area (Å²) in [6, 6.07) is 4.55. The zero-order chi connectivity index (χ0) is 12.4. The second kappa shape index (κ2) is 4.38. The Balaban J connectivity index is 2.15. The van der Waals surface area contributed by atoms with E-state index in [1.54, 1.807) is 19.3 Å². The quantitative estimate of drug-likeness (QED) is 0.864. The van der Waals surface area contributed by atoms with Gasteiger partial charge in [0.15, 0.2) is 0 Å². The molecule has 2 aromatic rings. The minimum absolute atomic E-state index is 0.139. The molecular weight excluding hydrogens is 242 g/mol. The fraction of sp³-hybridized carbons (Fsp3) is 0.100. The Morgan fingerprint density at radius 1 is 1.35 bits per heavy atom. The van der Waals surface area contributed by atoms with Crippen molar-refractivity contribution in [3.63, 3.8) is 0 Å². The normalized spacial score (nSPS) is 10.2. The van der Waals surface area contributed by atoms with Crippen LogP contribution in [-0.4, -0.2) is 26.8 Å². The monoisotopic (exact) mass is 251 g/mol. The highest BCUT2D eigenvalue weighted by Crippen LogP contribution is 2.17. The van der Waals surface area contributed by atoms with Crippen LogP contribution >= 0.6 is 11.3 Å². The third-order valence-electron chi connectivity index (χ3n) is 2.10. The number of carboxylic acids is 1. The van der Waals surface area contributed by atoms with Crippen LogP contribution in [0.3, 0.4) is 0 Å². The van der Waals surface area contributed by atoms with Crippen molar-refractivity contribution in [2.45, 2.75) is 0 Å². The summed E-state index contributed by atoms with van der Waals surface area (Å²) >= 11 is 0.936. The molecule has 0 fully saturated rings. The van der Waals surface area contributed by atoms with E-state index in [0.29, 0.717) is 10.7 Å². The van der Waals surface area contributed by atoms with Gasteiger partial charge in [0, 0.05) is 13.1 Å². The zero-order valence-corrected chi connectivity index (χ0v) is 9.69. The van der Waals surface area contributed by atoms with Crippen LogP contribution in [0.5, 0.6) is 0 Å². The number of nitrogens with one attached hydrogen (secondary N) is 1. The van der Waals surface area contributed by atoms with E-state index < -0.39 is 5.97 Å². The van der Waals surface area contributed by atoms with E-state index in [0.717, 1.165) is 11.3 Å². The predicted molar refractivity (Wildman–Crippen MR) is 62.4 cm³/mol. The van der Waals surface area contributed by atoms with Crippen LogP contribution in [0.25, 0.3) is 0 Å². The number of aromatic carboxylic acids is 1. The average Bonchev–Trinajstić information content (AvgIpc) is 2.88. The number of thiophene rings is 1. The molecule has 2 heterocycles. The van der Waals surface area contributed by atoms with Crippen LogP contribution in [-0.2, 0) is 7.05 Å². The third-order valence-corrected chi connectivity index (χ3v) is 3.18. The SMILES string of the molecule is Cn1nccc1NC(=O)c1ccc(C(=O)O)s1. The highest BCUT2D eigenvalue weighted by atomic mass is 32.1. The second-order valence-corrected chi connectivity index (χ2v) is 4.35. The van der Waals surface area contributed by atoms with Gasteiger partial charge in [0.2, 0.25) is 0 Å². The largest absolute Gasteiger partial charge is 0.477 e. The summed E-state index contributed by atoms with van der Waals surface area (Å²) in [5, 5.41) is 15.3. The number of rotatable bonds is 3. The topological polar surface area (TPSA) is 84.2 Å². The fourth-order valence-electron chi connectivity index (χ4n) is 1.25. The summed E-state index contributed by atoms with van der Waals surface area (Å²) < 4.78 is 1.52. The number of nitrogens with zero attached hydrogens (tertiary/aromatic N) is 2. The first-order valence-electron chi connectivity index (χ1n) is 4.70. The fourth-order valence-corrected chi connectivity index (χ4v) is 1.99. The number of amides is 1. The third kappa shape index (κ3) is 2.34. The molecule has 2 aromatic heterocycles. The van der Waals surface area contributed by atoms with Gasteiger partial charge in [-0.1, -0.05) is 0 Å². The molecule has 0 aliphatic carbocycles. The summed E-state index contributed by atoms with van der Waals surface area (Å²) in [6.07, 6.45) is 1.56. The molecule has 0 spiro atoms. The highest BCUT2D eigenvalue weighted by Gasteiger charge is 2.13. The molecule has 0 bridgehead atoms. The van der Waals surface area contributed by atoms with Crippen molar-refractivity contribution in [2.24, 2.45) is 7.05 Å². The molecule has 1 amide bonds. The van der Waals surface area contributed by atoms with Crippen molar-refractivity contribution >= 4 is 29.0 Å². The highest BCUT2D eigenvalue weighted by molar-refractivity contribution is 7.15. The Hall–Kier alpha value is -2.15.